The first-order valence-electron chi connectivity index (χ1n) is 7.46. The number of rotatable bonds is 5. The lowest BCUT2D eigenvalue weighted by atomic mass is 9.96. The number of carbonyl (C=O) groups excluding carboxylic acids is 1. The van der Waals surface area contributed by atoms with Crippen molar-refractivity contribution >= 4 is 11.5 Å². The van der Waals surface area contributed by atoms with E-state index in [-0.39, 0.29) is 5.78 Å². The first kappa shape index (κ1) is 14.8. The van der Waals surface area contributed by atoms with E-state index >= 15 is 0 Å². The summed E-state index contributed by atoms with van der Waals surface area (Å²) in [4.78, 5) is 12.8. The third-order valence-electron chi connectivity index (χ3n) is 3.87. The molecule has 3 atom stereocenters. The Morgan fingerprint density at radius 1 is 1.09 bits per heavy atom. The fraction of sp³-hybridized carbons (Fsp3) is 0.278. The molecular weight excluding hydrogens is 278 g/mol. The summed E-state index contributed by atoms with van der Waals surface area (Å²) in [5.74, 6) is -0.0737. The fourth-order valence-electron chi connectivity index (χ4n) is 2.71. The molecule has 1 aliphatic heterocycles. The van der Waals surface area contributed by atoms with Crippen LogP contribution in [0.2, 0.25) is 0 Å². The molecule has 4 heteroatoms. The third-order valence-corrected chi connectivity index (χ3v) is 3.87. The van der Waals surface area contributed by atoms with Crippen LogP contribution in [0.1, 0.15) is 16.8 Å². The topological polar surface area (TPSA) is 58.6 Å². The van der Waals surface area contributed by atoms with Crippen molar-refractivity contribution in [3.8, 4) is 0 Å². The van der Waals surface area contributed by atoms with E-state index in [0.717, 1.165) is 5.69 Å². The zero-order valence-corrected chi connectivity index (χ0v) is 12.2. The maximum absolute atomic E-state index is 12.8. The normalized spacial score (nSPS) is 22.2. The Labute approximate surface area is 129 Å². The van der Waals surface area contributed by atoms with Crippen LogP contribution in [0.4, 0.5) is 5.69 Å². The molecule has 0 aromatic heterocycles. The van der Waals surface area contributed by atoms with Gasteiger partial charge in [-0.15, -0.1) is 0 Å². The number of ketones is 1. The summed E-state index contributed by atoms with van der Waals surface area (Å²) in [5.41, 5.74) is 1.44. The number of aliphatic hydroxyl groups is 1. The van der Waals surface area contributed by atoms with Crippen LogP contribution in [-0.4, -0.2) is 35.7 Å². The Balaban J connectivity index is 1.87. The average molecular weight is 297 g/mol. The van der Waals surface area contributed by atoms with E-state index in [4.69, 9.17) is 4.74 Å². The number of benzene rings is 2. The van der Waals surface area contributed by atoms with Crippen LogP contribution in [-0.2, 0) is 4.74 Å². The number of para-hydroxylation sites is 1. The number of carbonyl (C=O) groups is 1. The van der Waals surface area contributed by atoms with Gasteiger partial charge in [-0.2, -0.15) is 0 Å². The first-order valence-corrected chi connectivity index (χ1v) is 7.46. The fourth-order valence-corrected chi connectivity index (χ4v) is 2.71. The average Bonchev–Trinajstić information content (AvgIpc) is 3.00. The molecule has 1 aliphatic rings. The van der Waals surface area contributed by atoms with Gasteiger partial charge in [0.2, 0.25) is 0 Å². The molecule has 3 unspecified atom stereocenters. The number of ether oxygens (including phenoxy) is 1. The SMILES string of the molecule is O=C(c1ccccc1)C(Nc1ccccc1)C1OCCC1O. The van der Waals surface area contributed by atoms with Crippen molar-refractivity contribution in [2.24, 2.45) is 0 Å². The molecular formula is C18H19NO3. The van der Waals surface area contributed by atoms with Gasteiger partial charge in [0.15, 0.2) is 5.78 Å². The molecule has 3 rings (SSSR count). The minimum absolute atomic E-state index is 0.0737. The second-order valence-electron chi connectivity index (χ2n) is 5.41. The number of hydrogen-bond acceptors (Lipinski definition) is 4. The van der Waals surface area contributed by atoms with E-state index in [9.17, 15) is 9.90 Å². The summed E-state index contributed by atoms with van der Waals surface area (Å²) < 4.78 is 5.61. The van der Waals surface area contributed by atoms with Gasteiger partial charge in [-0.3, -0.25) is 4.79 Å². The molecule has 1 saturated heterocycles. The molecule has 4 nitrogen and oxygen atoms in total. The van der Waals surface area contributed by atoms with Gasteiger partial charge in [0, 0.05) is 17.9 Å². The minimum atomic E-state index is -0.631. The van der Waals surface area contributed by atoms with Crippen LogP contribution >= 0.6 is 0 Å². The van der Waals surface area contributed by atoms with Gasteiger partial charge in [-0.25, -0.2) is 0 Å². The molecule has 0 radical (unpaired) electrons. The van der Waals surface area contributed by atoms with Crippen molar-refractivity contribution in [2.75, 3.05) is 11.9 Å². The lowest BCUT2D eigenvalue weighted by Crippen LogP contribution is -2.45. The number of Topliss-reactive ketones (excluding diaryl/α,β-unsaturated/α-hetero) is 1. The van der Waals surface area contributed by atoms with E-state index in [1.165, 1.54) is 0 Å². The Kier molecular flexibility index (Phi) is 4.51. The largest absolute Gasteiger partial charge is 0.390 e. The highest BCUT2D eigenvalue weighted by atomic mass is 16.5. The zero-order chi connectivity index (χ0) is 15.4. The van der Waals surface area contributed by atoms with E-state index in [0.29, 0.717) is 18.6 Å². The van der Waals surface area contributed by atoms with E-state index in [1.54, 1.807) is 12.1 Å². The number of nitrogens with one attached hydrogen (secondary N) is 1. The quantitative estimate of drug-likeness (QED) is 0.833. The molecule has 2 aromatic carbocycles. The Bertz CT molecular complexity index is 615. The maximum atomic E-state index is 12.8. The molecule has 0 spiro atoms. The van der Waals surface area contributed by atoms with Crippen molar-refractivity contribution in [2.45, 2.75) is 24.7 Å². The maximum Gasteiger partial charge on any atom is 0.187 e. The molecule has 0 aliphatic carbocycles. The summed E-state index contributed by atoms with van der Waals surface area (Å²) in [6.45, 7) is 0.473. The first-order chi connectivity index (χ1) is 10.8. The van der Waals surface area contributed by atoms with Crippen LogP contribution in [0.3, 0.4) is 0 Å². The molecule has 0 amide bonds. The van der Waals surface area contributed by atoms with Crippen molar-refractivity contribution in [1.29, 1.82) is 0 Å². The van der Waals surface area contributed by atoms with Crippen LogP contribution in [0.5, 0.6) is 0 Å². The third kappa shape index (κ3) is 3.18. The van der Waals surface area contributed by atoms with Gasteiger partial charge in [0.05, 0.1) is 6.10 Å². The zero-order valence-electron chi connectivity index (χ0n) is 12.2. The van der Waals surface area contributed by atoms with E-state index in [2.05, 4.69) is 5.32 Å². The molecule has 22 heavy (non-hydrogen) atoms. The Morgan fingerprint density at radius 3 is 2.32 bits per heavy atom. The van der Waals surface area contributed by atoms with Gasteiger partial charge in [0.25, 0.3) is 0 Å². The molecule has 0 saturated carbocycles. The highest BCUT2D eigenvalue weighted by molar-refractivity contribution is 6.02. The van der Waals surface area contributed by atoms with E-state index < -0.39 is 18.2 Å². The summed E-state index contributed by atoms with van der Waals surface area (Å²) >= 11 is 0. The molecule has 2 aromatic rings. The van der Waals surface area contributed by atoms with Crippen LogP contribution in [0.15, 0.2) is 60.7 Å². The predicted molar refractivity (Wildman–Crippen MR) is 85.0 cm³/mol. The van der Waals surface area contributed by atoms with Crippen LogP contribution in [0.25, 0.3) is 0 Å². The standard InChI is InChI=1S/C18H19NO3/c20-15-11-12-22-18(15)16(19-14-9-5-2-6-10-14)17(21)13-7-3-1-4-8-13/h1-10,15-16,18-20H,11-12H2. The number of hydrogen-bond donors (Lipinski definition) is 2. The summed E-state index contributed by atoms with van der Waals surface area (Å²) in [5, 5.41) is 13.3. The van der Waals surface area contributed by atoms with Crippen LogP contribution < -0.4 is 5.32 Å². The minimum Gasteiger partial charge on any atom is -0.390 e. The van der Waals surface area contributed by atoms with Gasteiger partial charge in [-0.05, 0) is 18.6 Å². The highest BCUT2D eigenvalue weighted by Crippen LogP contribution is 2.22. The molecule has 114 valence electrons. The lowest BCUT2D eigenvalue weighted by molar-refractivity contribution is 0.0287. The highest BCUT2D eigenvalue weighted by Gasteiger charge is 2.38. The second kappa shape index (κ2) is 6.73. The number of anilines is 1. The smallest absolute Gasteiger partial charge is 0.187 e. The monoisotopic (exact) mass is 297 g/mol. The second-order valence-corrected chi connectivity index (χ2v) is 5.41. The lowest BCUT2D eigenvalue weighted by Gasteiger charge is -2.26. The van der Waals surface area contributed by atoms with E-state index in [1.807, 2.05) is 48.5 Å². The molecule has 1 fully saturated rings. The predicted octanol–water partition coefficient (Wildman–Crippen LogP) is 2.50. The Morgan fingerprint density at radius 2 is 1.73 bits per heavy atom. The summed E-state index contributed by atoms with van der Waals surface area (Å²) in [6, 6.07) is 18.0. The van der Waals surface area contributed by atoms with Gasteiger partial charge in [0.1, 0.15) is 12.1 Å². The molecule has 1 heterocycles. The summed E-state index contributed by atoms with van der Waals surface area (Å²) in [7, 11) is 0. The van der Waals surface area contributed by atoms with Crippen molar-refractivity contribution in [3.05, 3.63) is 66.2 Å². The summed E-state index contributed by atoms with van der Waals surface area (Å²) in [6.07, 6.45) is -0.610. The van der Waals surface area contributed by atoms with Crippen LogP contribution in [0, 0.1) is 0 Å². The molecule has 2 N–H and O–H groups in total. The van der Waals surface area contributed by atoms with Gasteiger partial charge in [-0.1, -0.05) is 48.5 Å². The van der Waals surface area contributed by atoms with Gasteiger partial charge < -0.3 is 15.2 Å². The molecule has 0 bridgehead atoms. The van der Waals surface area contributed by atoms with Crippen molar-refractivity contribution < 1.29 is 14.6 Å². The van der Waals surface area contributed by atoms with Crippen molar-refractivity contribution in [1.82, 2.24) is 0 Å². The number of aliphatic hydroxyl groups excluding tert-OH is 1. The van der Waals surface area contributed by atoms with Crippen molar-refractivity contribution in [3.63, 3.8) is 0 Å². The Hall–Kier alpha value is -2.17. The van der Waals surface area contributed by atoms with Gasteiger partial charge >= 0.3 is 0 Å².